The highest BCUT2D eigenvalue weighted by molar-refractivity contribution is 7.84. The van der Waals surface area contributed by atoms with Crippen molar-refractivity contribution >= 4 is 16.9 Å². The first-order valence-electron chi connectivity index (χ1n) is 13.9. The lowest BCUT2D eigenvalue weighted by molar-refractivity contribution is 0.0949. The summed E-state index contributed by atoms with van der Waals surface area (Å²) in [7, 11) is -1.32. The SMILES string of the molecule is CC(C)(C)[S@](=O)N1Cc2cc(C(=O)NCCc3ccncc3)nc(-c3cccc(-c4ccccc4)c3)c2[C@@H]1CCO. The number of pyridine rings is 2. The van der Waals surface area contributed by atoms with E-state index in [0.29, 0.717) is 37.3 Å². The topological polar surface area (TPSA) is 95.4 Å². The molecular weight excluding hydrogens is 532 g/mol. The number of carbonyl (C=O) groups excluding carboxylic acids is 1. The molecular formula is C33H36N4O3S. The molecule has 0 radical (unpaired) electrons. The number of hydrogen-bond acceptors (Lipinski definition) is 5. The molecule has 0 saturated carbocycles. The average molecular weight is 569 g/mol. The fourth-order valence-electron chi connectivity index (χ4n) is 5.24. The van der Waals surface area contributed by atoms with Crippen LogP contribution >= 0.6 is 0 Å². The summed E-state index contributed by atoms with van der Waals surface area (Å²) in [4.78, 5) is 22.4. The number of fused-ring (bicyclic) bond motifs is 1. The minimum absolute atomic E-state index is 0.0529. The Kier molecular flexibility index (Phi) is 8.73. The first-order valence-corrected chi connectivity index (χ1v) is 15.0. The maximum absolute atomic E-state index is 13.7. The number of nitrogens with zero attached hydrogens (tertiary/aromatic N) is 3. The van der Waals surface area contributed by atoms with Gasteiger partial charge in [0, 0.05) is 43.2 Å². The van der Waals surface area contributed by atoms with Gasteiger partial charge >= 0.3 is 0 Å². The number of nitrogens with one attached hydrogen (secondary N) is 1. The van der Waals surface area contributed by atoms with Gasteiger partial charge in [-0.15, -0.1) is 0 Å². The number of hydrogen-bond donors (Lipinski definition) is 2. The van der Waals surface area contributed by atoms with E-state index < -0.39 is 15.7 Å². The predicted octanol–water partition coefficient (Wildman–Crippen LogP) is 5.48. The summed E-state index contributed by atoms with van der Waals surface area (Å²) in [5, 5.41) is 13.0. The Labute approximate surface area is 244 Å². The third-order valence-corrected chi connectivity index (χ3v) is 9.07. The van der Waals surface area contributed by atoms with E-state index in [1.54, 1.807) is 12.4 Å². The minimum atomic E-state index is -1.32. The van der Waals surface area contributed by atoms with Gasteiger partial charge in [0.15, 0.2) is 0 Å². The summed E-state index contributed by atoms with van der Waals surface area (Å²) in [6.45, 7) is 6.68. The second kappa shape index (κ2) is 12.4. The van der Waals surface area contributed by atoms with Crippen molar-refractivity contribution in [1.82, 2.24) is 19.6 Å². The lowest BCUT2D eigenvalue weighted by atomic mass is 9.94. The Bertz CT molecular complexity index is 1540. The highest BCUT2D eigenvalue weighted by Crippen LogP contribution is 2.44. The van der Waals surface area contributed by atoms with Crippen LogP contribution in [0.5, 0.6) is 0 Å². The first-order chi connectivity index (χ1) is 19.8. The molecule has 41 heavy (non-hydrogen) atoms. The summed E-state index contributed by atoms with van der Waals surface area (Å²) in [5.41, 5.74) is 6.94. The van der Waals surface area contributed by atoms with E-state index in [1.807, 2.05) is 73.6 Å². The molecule has 7 nitrogen and oxygen atoms in total. The summed E-state index contributed by atoms with van der Waals surface area (Å²) in [6, 6.07) is 23.7. The molecule has 0 spiro atoms. The molecule has 5 rings (SSSR count). The van der Waals surface area contributed by atoms with E-state index in [4.69, 9.17) is 4.98 Å². The number of aromatic nitrogens is 2. The largest absolute Gasteiger partial charge is 0.396 e. The monoisotopic (exact) mass is 568 g/mol. The molecule has 0 unspecified atom stereocenters. The molecule has 2 atom stereocenters. The molecule has 2 aromatic carbocycles. The number of amides is 1. The third-order valence-electron chi connectivity index (χ3n) is 7.22. The Hall–Kier alpha value is -3.72. The van der Waals surface area contributed by atoms with Gasteiger partial charge in [-0.2, -0.15) is 0 Å². The Morgan fingerprint density at radius 1 is 1.00 bits per heavy atom. The molecule has 0 fully saturated rings. The van der Waals surface area contributed by atoms with Crippen molar-refractivity contribution in [3.8, 4) is 22.4 Å². The summed E-state index contributed by atoms with van der Waals surface area (Å²) < 4.78 is 15.1. The molecule has 1 aliphatic heterocycles. The second-order valence-electron chi connectivity index (χ2n) is 11.2. The van der Waals surface area contributed by atoms with Crippen molar-refractivity contribution in [1.29, 1.82) is 0 Å². The molecule has 0 aliphatic carbocycles. The zero-order valence-electron chi connectivity index (χ0n) is 23.7. The molecule has 1 aliphatic rings. The third kappa shape index (κ3) is 6.45. The van der Waals surface area contributed by atoms with Gasteiger partial charge in [-0.25, -0.2) is 13.5 Å². The summed E-state index contributed by atoms with van der Waals surface area (Å²) >= 11 is 0. The second-order valence-corrected chi connectivity index (χ2v) is 13.4. The molecule has 2 N–H and O–H groups in total. The minimum Gasteiger partial charge on any atom is -0.396 e. The lowest BCUT2D eigenvalue weighted by Gasteiger charge is -2.30. The van der Waals surface area contributed by atoms with Crippen LogP contribution in [0.4, 0.5) is 0 Å². The number of carbonyl (C=O) groups is 1. The number of rotatable bonds is 9. The van der Waals surface area contributed by atoms with Gasteiger partial charge in [-0.05, 0) is 80.1 Å². The normalized spacial score (nSPS) is 15.9. The molecule has 4 aromatic rings. The Balaban J connectivity index is 1.56. The molecule has 8 heteroatoms. The molecule has 3 heterocycles. The van der Waals surface area contributed by atoms with Crippen LogP contribution in [-0.2, 0) is 24.0 Å². The molecule has 2 aromatic heterocycles. The zero-order chi connectivity index (χ0) is 29.0. The fourth-order valence-corrected chi connectivity index (χ4v) is 6.64. The van der Waals surface area contributed by atoms with Crippen LogP contribution in [0.2, 0.25) is 0 Å². The van der Waals surface area contributed by atoms with Crippen LogP contribution in [0.15, 0.2) is 85.2 Å². The van der Waals surface area contributed by atoms with Crippen LogP contribution in [0, 0.1) is 0 Å². The van der Waals surface area contributed by atoms with Crippen LogP contribution in [0.3, 0.4) is 0 Å². The smallest absolute Gasteiger partial charge is 0.269 e. The predicted molar refractivity (Wildman–Crippen MR) is 163 cm³/mol. The Morgan fingerprint density at radius 3 is 2.41 bits per heavy atom. The van der Waals surface area contributed by atoms with Gasteiger partial charge in [0.2, 0.25) is 0 Å². The highest BCUT2D eigenvalue weighted by Gasteiger charge is 2.40. The molecule has 0 saturated heterocycles. The van der Waals surface area contributed by atoms with Gasteiger partial charge in [0.25, 0.3) is 5.91 Å². The van der Waals surface area contributed by atoms with Crippen molar-refractivity contribution in [3.63, 3.8) is 0 Å². The van der Waals surface area contributed by atoms with E-state index in [9.17, 15) is 14.1 Å². The summed E-state index contributed by atoms with van der Waals surface area (Å²) in [5.74, 6) is -0.253. The van der Waals surface area contributed by atoms with Gasteiger partial charge < -0.3 is 10.4 Å². The van der Waals surface area contributed by atoms with Crippen molar-refractivity contribution in [2.45, 2.75) is 50.9 Å². The van der Waals surface area contributed by atoms with E-state index in [2.05, 4.69) is 34.6 Å². The van der Waals surface area contributed by atoms with Crippen LogP contribution in [-0.4, -0.2) is 47.4 Å². The van der Waals surface area contributed by atoms with E-state index in [1.165, 1.54) is 0 Å². The number of benzene rings is 2. The van der Waals surface area contributed by atoms with E-state index >= 15 is 0 Å². The van der Waals surface area contributed by atoms with Gasteiger partial charge in [-0.3, -0.25) is 9.78 Å². The van der Waals surface area contributed by atoms with Gasteiger partial charge in [0.05, 0.1) is 16.5 Å². The summed E-state index contributed by atoms with van der Waals surface area (Å²) in [6.07, 6.45) is 4.58. The van der Waals surface area contributed by atoms with E-state index in [-0.39, 0.29) is 18.6 Å². The molecule has 1 amide bonds. The maximum Gasteiger partial charge on any atom is 0.269 e. The van der Waals surface area contributed by atoms with Crippen molar-refractivity contribution in [2.24, 2.45) is 0 Å². The standard InChI is InChI=1S/C33H36N4O3S/c1-33(2,3)41(40)37-22-27-21-28(32(39)35-18-14-23-12-16-34-17-13-23)36-31(30(27)29(37)15-19-38)26-11-7-10-25(20-26)24-8-5-4-6-9-24/h4-13,16-17,20-21,29,38H,14-15,18-19,22H2,1-3H3,(H,35,39)/t29-,41-/m0/s1. The van der Waals surface area contributed by atoms with E-state index in [0.717, 1.165) is 33.4 Å². The number of aliphatic hydroxyl groups is 1. The van der Waals surface area contributed by atoms with Crippen LogP contribution < -0.4 is 5.32 Å². The van der Waals surface area contributed by atoms with Gasteiger partial charge in [0.1, 0.15) is 16.7 Å². The van der Waals surface area contributed by atoms with Crippen LogP contribution in [0.25, 0.3) is 22.4 Å². The Morgan fingerprint density at radius 2 is 1.71 bits per heavy atom. The zero-order valence-corrected chi connectivity index (χ0v) is 24.5. The molecule has 212 valence electrons. The lowest BCUT2D eigenvalue weighted by Crippen LogP contribution is -2.36. The average Bonchev–Trinajstić information content (AvgIpc) is 3.35. The van der Waals surface area contributed by atoms with Crippen molar-refractivity contribution < 1.29 is 14.1 Å². The fraction of sp³-hybridized carbons (Fsp3) is 0.303. The quantitative estimate of drug-likeness (QED) is 0.279. The van der Waals surface area contributed by atoms with Crippen molar-refractivity contribution in [3.05, 3.63) is 108 Å². The van der Waals surface area contributed by atoms with Crippen molar-refractivity contribution in [2.75, 3.05) is 13.2 Å². The van der Waals surface area contributed by atoms with Gasteiger partial charge in [-0.1, -0.05) is 48.5 Å². The van der Waals surface area contributed by atoms with Crippen LogP contribution in [0.1, 0.15) is 60.4 Å². The first kappa shape index (κ1) is 28.8. The number of aliphatic hydroxyl groups excluding tert-OH is 1. The highest BCUT2D eigenvalue weighted by atomic mass is 32.2. The molecule has 0 bridgehead atoms. The maximum atomic E-state index is 13.7.